The molecule has 2 rings (SSSR count). The molecule has 118 valence electrons. The number of aliphatic hydroxyl groups excluding tert-OH is 1. The molecule has 0 spiro atoms. The lowest BCUT2D eigenvalue weighted by molar-refractivity contribution is -0.385. The summed E-state index contributed by atoms with van der Waals surface area (Å²) in [5, 5.41) is 20.0. The fourth-order valence-corrected chi connectivity index (χ4v) is 2.79. The maximum atomic E-state index is 12.3. The highest BCUT2D eigenvalue weighted by molar-refractivity contribution is 5.92. The van der Waals surface area contributed by atoms with Crippen LogP contribution in [-0.4, -0.2) is 40.0 Å². The Labute approximate surface area is 129 Å². The number of nitrogens with zero attached hydrogens (tertiary/aromatic N) is 2. The second kappa shape index (κ2) is 7.70. The Kier molecular flexibility index (Phi) is 5.66. The summed E-state index contributed by atoms with van der Waals surface area (Å²) in [7, 11) is 0. The fraction of sp³-hybridized carbons (Fsp3) is 0.438. The number of piperidine rings is 1. The quantitative estimate of drug-likeness (QED) is 0.514. The van der Waals surface area contributed by atoms with E-state index in [9.17, 15) is 14.9 Å². The first-order chi connectivity index (χ1) is 10.6. The van der Waals surface area contributed by atoms with Gasteiger partial charge in [0.1, 0.15) is 0 Å². The van der Waals surface area contributed by atoms with Crippen molar-refractivity contribution in [3.05, 3.63) is 46.0 Å². The van der Waals surface area contributed by atoms with Crippen LogP contribution in [0.25, 0.3) is 6.08 Å². The largest absolute Gasteiger partial charge is 0.396 e. The standard InChI is InChI=1S/C16H20N2O4/c19-12-10-14-6-3-4-11-17(14)16(20)9-8-13-5-1-2-7-15(13)18(21)22/h1-2,5,7-9,14,19H,3-4,6,10-12H2/b9-8+. The molecule has 1 aromatic rings. The van der Waals surface area contributed by atoms with E-state index in [-0.39, 0.29) is 24.2 Å². The molecule has 1 fully saturated rings. The van der Waals surface area contributed by atoms with Gasteiger partial charge in [-0.1, -0.05) is 12.1 Å². The number of hydrogen-bond donors (Lipinski definition) is 1. The average molecular weight is 304 g/mol. The van der Waals surface area contributed by atoms with Gasteiger partial charge < -0.3 is 10.0 Å². The zero-order chi connectivity index (χ0) is 15.9. The van der Waals surface area contributed by atoms with Gasteiger partial charge in [0, 0.05) is 31.3 Å². The maximum absolute atomic E-state index is 12.3. The Morgan fingerprint density at radius 2 is 2.18 bits per heavy atom. The highest BCUT2D eigenvalue weighted by atomic mass is 16.6. The summed E-state index contributed by atoms with van der Waals surface area (Å²) in [6, 6.07) is 6.39. The number of para-hydroxylation sites is 1. The lowest BCUT2D eigenvalue weighted by Crippen LogP contribution is -2.43. The molecule has 1 unspecified atom stereocenters. The van der Waals surface area contributed by atoms with Crippen molar-refractivity contribution in [3.8, 4) is 0 Å². The van der Waals surface area contributed by atoms with E-state index in [0.29, 0.717) is 18.5 Å². The van der Waals surface area contributed by atoms with Gasteiger partial charge in [-0.25, -0.2) is 0 Å². The summed E-state index contributed by atoms with van der Waals surface area (Å²) >= 11 is 0. The summed E-state index contributed by atoms with van der Waals surface area (Å²) in [5.74, 6) is -0.156. The zero-order valence-corrected chi connectivity index (χ0v) is 12.4. The smallest absolute Gasteiger partial charge is 0.276 e. The average Bonchev–Trinajstić information content (AvgIpc) is 2.53. The van der Waals surface area contributed by atoms with Gasteiger partial charge >= 0.3 is 0 Å². The number of amides is 1. The lowest BCUT2D eigenvalue weighted by atomic mass is 9.99. The predicted molar refractivity (Wildman–Crippen MR) is 83.2 cm³/mol. The molecule has 0 saturated carbocycles. The highest BCUT2D eigenvalue weighted by Gasteiger charge is 2.24. The van der Waals surface area contributed by atoms with Crippen LogP contribution in [0.4, 0.5) is 5.69 Å². The molecule has 1 aliphatic rings. The van der Waals surface area contributed by atoms with Crippen LogP contribution in [0.1, 0.15) is 31.2 Å². The van der Waals surface area contributed by atoms with Crippen molar-refractivity contribution < 1.29 is 14.8 Å². The van der Waals surface area contributed by atoms with Crippen LogP contribution in [0.3, 0.4) is 0 Å². The number of likely N-dealkylation sites (tertiary alicyclic amines) is 1. The van der Waals surface area contributed by atoms with Gasteiger partial charge in [0.25, 0.3) is 5.69 Å². The van der Waals surface area contributed by atoms with Crippen LogP contribution in [0, 0.1) is 10.1 Å². The Morgan fingerprint density at radius 1 is 1.41 bits per heavy atom. The first-order valence-electron chi connectivity index (χ1n) is 7.46. The molecule has 6 heteroatoms. The van der Waals surface area contributed by atoms with Gasteiger partial charge in [-0.2, -0.15) is 0 Å². The van der Waals surface area contributed by atoms with Crippen molar-refractivity contribution >= 4 is 17.7 Å². The number of benzene rings is 1. The predicted octanol–water partition coefficient (Wildman–Crippen LogP) is 2.37. The van der Waals surface area contributed by atoms with E-state index in [1.54, 1.807) is 23.1 Å². The number of nitro groups is 1. The minimum Gasteiger partial charge on any atom is -0.396 e. The molecule has 6 nitrogen and oxygen atoms in total. The van der Waals surface area contributed by atoms with Crippen LogP contribution in [0.2, 0.25) is 0 Å². The molecular weight excluding hydrogens is 284 g/mol. The number of aliphatic hydroxyl groups is 1. The van der Waals surface area contributed by atoms with Crippen LogP contribution < -0.4 is 0 Å². The molecule has 1 amide bonds. The van der Waals surface area contributed by atoms with E-state index in [4.69, 9.17) is 5.11 Å². The van der Waals surface area contributed by atoms with E-state index < -0.39 is 4.92 Å². The number of rotatable bonds is 5. The fourth-order valence-electron chi connectivity index (χ4n) is 2.79. The second-order valence-electron chi connectivity index (χ2n) is 5.34. The Hall–Kier alpha value is -2.21. The van der Waals surface area contributed by atoms with E-state index in [0.717, 1.165) is 19.3 Å². The minimum atomic E-state index is -0.459. The topological polar surface area (TPSA) is 83.7 Å². The van der Waals surface area contributed by atoms with Crippen molar-refractivity contribution in [3.63, 3.8) is 0 Å². The summed E-state index contributed by atoms with van der Waals surface area (Å²) < 4.78 is 0. The van der Waals surface area contributed by atoms with Crippen LogP contribution >= 0.6 is 0 Å². The molecule has 0 aliphatic carbocycles. The number of nitro benzene ring substituents is 1. The maximum Gasteiger partial charge on any atom is 0.276 e. The molecule has 1 aromatic carbocycles. The van der Waals surface area contributed by atoms with E-state index in [2.05, 4.69) is 0 Å². The molecule has 1 saturated heterocycles. The minimum absolute atomic E-state index is 0.0166. The van der Waals surface area contributed by atoms with Gasteiger partial charge in [-0.3, -0.25) is 14.9 Å². The highest BCUT2D eigenvalue weighted by Crippen LogP contribution is 2.22. The van der Waals surface area contributed by atoms with Gasteiger partial charge in [0.05, 0.1) is 10.5 Å². The molecule has 1 aliphatic heterocycles. The molecule has 22 heavy (non-hydrogen) atoms. The second-order valence-corrected chi connectivity index (χ2v) is 5.34. The van der Waals surface area contributed by atoms with E-state index in [1.165, 1.54) is 18.2 Å². The Morgan fingerprint density at radius 3 is 2.91 bits per heavy atom. The van der Waals surface area contributed by atoms with Crippen LogP contribution in [0.15, 0.2) is 30.3 Å². The van der Waals surface area contributed by atoms with Crippen LogP contribution in [-0.2, 0) is 4.79 Å². The number of hydrogen-bond acceptors (Lipinski definition) is 4. The summed E-state index contributed by atoms with van der Waals surface area (Å²) in [6.45, 7) is 0.729. The number of carbonyl (C=O) groups is 1. The van der Waals surface area contributed by atoms with E-state index >= 15 is 0 Å². The SMILES string of the molecule is O=C(/C=C/c1ccccc1[N+](=O)[O-])N1CCCCC1CCO. The summed E-state index contributed by atoms with van der Waals surface area (Å²) in [5.41, 5.74) is 0.397. The molecule has 1 heterocycles. The third-order valence-electron chi connectivity index (χ3n) is 3.91. The van der Waals surface area contributed by atoms with Gasteiger partial charge in [0.15, 0.2) is 0 Å². The van der Waals surface area contributed by atoms with Gasteiger partial charge in [-0.15, -0.1) is 0 Å². The zero-order valence-electron chi connectivity index (χ0n) is 12.4. The first-order valence-corrected chi connectivity index (χ1v) is 7.46. The van der Waals surface area contributed by atoms with Crippen molar-refractivity contribution in [1.29, 1.82) is 0 Å². The molecule has 0 radical (unpaired) electrons. The van der Waals surface area contributed by atoms with Crippen molar-refractivity contribution in [2.75, 3.05) is 13.2 Å². The van der Waals surface area contributed by atoms with Crippen LogP contribution in [0.5, 0.6) is 0 Å². The van der Waals surface area contributed by atoms with Gasteiger partial charge in [0.2, 0.25) is 5.91 Å². The lowest BCUT2D eigenvalue weighted by Gasteiger charge is -2.34. The molecule has 1 N–H and O–H groups in total. The monoisotopic (exact) mass is 304 g/mol. The van der Waals surface area contributed by atoms with Gasteiger partial charge in [-0.05, 0) is 37.8 Å². The Bertz CT molecular complexity index is 569. The first kappa shape index (κ1) is 16.2. The van der Waals surface area contributed by atoms with Crippen molar-refractivity contribution in [2.45, 2.75) is 31.7 Å². The molecule has 0 aromatic heterocycles. The molecule has 0 bridgehead atoms. The number of carbonyl (C=O) groups excluding carboxylic acids is 1. The summed E-state index contributed by atoms with van der Waals surface area (Å²) in [4.78, 5) is 24.6. The summed E-state index contributed by atoms with van der Waals surface area (Å²) in [6.07, 6.45) is 6.36. The third kappa shape index (κ3) is 3.92. The molecular formula is C16H20N2O4. The Balaban J connectivity index is 2.12. The molecule has 1 atom stereocenters. The van der Waals surface area contributed by atoms with Crippen molar-refractivity contribution in [1.82, 2.24) is 4.90 Å². The normalized spacial score (nSPS) is 18.6. The third-order valence-corrected chi connectivity index (χ3v) is 3.91. The van der Waals surface area contributed by atoms with Crippen molar-refractivity contribution in [2.24, 2.45) is 0 Å². The van der Waals surface area contributed by atoms with E-state index in [1.807, 2.05) is 0 Å².